The van der Waals surface area contributed by atoms with Crippen molar-refractivity contribution in [2.45, 2.75) is 84.6 Å². The van der Waals surface area contributed by atoms with Crippen molar-refractivity contribution in [1.82, 2.24) is 4.90 Å². The number of hydrogen-bond donors (Lipinski definition) is 0. The second kappa shape index (κ2) is 7.05. The Morgan fingerprint density at radius 2 is 1.62 bits per heavy atom. The Bertz CT molecular complexity index is 975. The largest absolute Gasteiger partial charge is 0.271 e. The molecule has 0 unspecified atom stereocenters. The summed E-state index contributed by atoms with van der Waals surface area (Å²) in [7, 11) is 0. The van der Waals surface area contributed by atoms with Crippen molar-refractivity contribution >= 4 is 11.8 Å². The van der Waals surface area contributed by atoms with E-state index >= 15 is 0 Å². The highest BCUT2D eigenvalue weighted by molar-refractivity contribution is 6.21. The van der Waals surface area contributed by atoms with E-state index in [4.69, 9.17) is 0 Å². The van der Waals surface area contributed by atoms with Crippen LogP contribution in [-0.4, -0.2) is 22.8 Å². The van der Waals surface area contributed by atoms with E-state index in [1.165, 1.54) is 38.5 Å². The number of hydrogen-bond acceptors (Lipinski definition) is 2. The summed E-state index contributed by atoms with van der Waals surface area (Å²) < 4.78 is 0. The van der Waals surface area contributed by atoms with Gasteiger partial charge in [0.05, 0.1) is 11.1 Å². The van der Waals surface area contributed by atoms with Gasteiger partial charge in [0.2, 0.25) is 0 Å². The highest BCUT2D eigenvalue weighted by atomic mass is 16.2. The van der Waals surface area contributed by atoms with Gasteiger partial charge in [-0.3, -0.25) is 14.5 Å². The van der Waals surface area contributed by atoms with Crippen molar-refractivity contribution in [1.29, 1.82) is 0 Å². The molecule has 0 aromatic heterocycles. The molecule has 4 aliphatic carbocycles. The summed E-state index contributed by atoms with van der Waals surface area (Å²) >= 11 is 0. The molecule has 7 atom stereocenters. The Labute approximate surface area is 192 Å². The molecular weight excluding hydrogens is 394 g/mol. The Hall–Kier alpha value is -1.90. The molecule has 0 spiro atoms. The maximum Gasteiger partial charge on any atom is 0.261 e. The molecule has 0 N–H and O–H groups in total. The number of benzene rings is 1. The van der Waals surface area contributed by atoms with Crippen LogP contribution in [0.25, 0.3) is 0 Å². The second-order valence-corrected chi connectivity index (χ2v) is 11.9. The summed E-state index contributed by atoms with van der Waals surface area (Å²) in [4.78, 5) is 27.8. The van der Waals surface area contributed by atoms with Crippen LogP contribution >= 0.6 is 0 Å². The predicted octanol–water partition coefficient (Wildman–Crippen LogP) is 6.64. The lowest BCUT2D eigenvalue weighted by Gasteiger charge is -2.61. The van der Waals surface area contributed by atoms with Crippen LogP contribution in [0.4, 0.5) is 0 Å². The number of fused-ring (bicyclic) bond motifs is 6. The fraction of sp³-hybridized carbons (Fsp3) is 0.655. The molecule has 0 bridgehead atoms. The topological polar surface area (TPSA) is 37.4 Å². The van der Waals surface area contributed by atoms with Crippen LogP contribution in [0, 0.1) is 34.5 Å². The lowest BCUT2D eigenvalue weighted by molar-refractivity contribution is -0.106. The first-order valence-electron chi connectivity index (χ1n) is 13.0. The van der Waals surface area contributed by atoms with Crippen LogP contribution in [0.15, 0.2) is 35.9 Å². The van der Waals surface area contributed by atoms with Gasteiger partial charge in [-0.25, -0.2) is 0 Å². The normalized spacial score (nSPS) is 44.3. The van der Waals surface area contributed by atoms with Gasteiger partial charge in [0.15, 0.2) is 0 Å². The zero-order valence-corrected chi connectivity index (χ0v) is 19.9. The van der Waals surface area contributed by atoms with Gasteiger partial charge in [0, 0.05) is 6.04 Å². The van der Waals surface area contributed by atoms with Gasteiger partial charge < -0.3 is 0 Å². The summed E-state index contributed by atoms with van der Waals surface area (Å²) in [6, 6.07) is 7.44. The lowest BCUT2D eigenvalue weighted by Crippen LogP contribution is -2.55. The average Bonchev–Trinajstić information content (AvgIpc) is 3.27. The van der Waals surface area contributed by atoms with E-state index in [-0.39, 0.29) is 17.9 Å². The van der Waals surface area contributed by atoms with Crippen LogP contribution in [0.5, 0.6) is 0 Å². The fourth-order valence-electron chi connectivity index (χ4n) is 9.33. The van der Waals surface area contributed by atoms with Gasteiger partial charge in [-0.15, -0.1) is 0 Å². The van der Waals surface area contributed by atoms with E-state index in [2.05, 4.69) is 26.8 Å². The standard InChI is InChI=1S/C29H37NO2/c1-4-18-10-12-24-23-11-9-19-17-20(13-15-29(19,3)25(23)14-16-28(18,24)2)30-26(31)21-7-5-6-8-22(21)27(30)32/h4-8,19-20,23-25H,9-17H2,1-3H3/b18-4-/t19-,20+,23-,24-,25-,28+,29-/m0/s1. The maximum atomic E-state index is 13.1. The maximum absolute atomic E-state index is 13.1. The number of amides is 2. The molecule has 3 heteroatoms. The third kappa shape index (κ3) is 2.60. The van der Waals surface area contributed by atoms with Crippen LogP contribution in [0.2, 0.25) is 0 Å². The fourth-order valence-corrected chi connectivity index (χ4v) is 9.33. The van der Waals surface area contributed by atoms with Gasteiger partial charge in [0.25, 0.3) is 11.8 Å². The Morgan fingerprint density at radius 1 is 0.906 bits per heavy atom. The Morgan fingerprint density at radius 3 is 2.31 bits per heavy atom. The van der Waals surface area contributed by atoms with Crippen molar-refractivity contribution < 1.29 is 9.59 Å². The summed E-state index contributed by atoms with van der Waals surface area (Å²) in [5, 5.41) is 0. The van der Waals surface area contributed by atoms with E-state index in [1.807, 2.05) is 24.3 Å². The van der Waals surface area contributed by atoms with E-state index in [9.17, 15) is 9.59 Å². The highest BCUT2D eigenvalue weighted by Crippen LogP contribution is 2.67. The highest BCUT2D eigenvalue weighted by Gasteiger charge is 2.59. The molecule has 1 aliphatic heterocycles. The zero-order valence-electron chi connectivity index (χ0n) is 19.9. The molecule has 1 heterocycles. The van der Waals surface area contributed by atoms with E-state index in [0.717, 1.165) is 37.0 Å². The van der Waals surface area contributed by atoms with Crippen molar-refractivity contribution in [3.8, 4) is 0 Å². The van der Waals surface area contributed by atoms with Crippen molar-refractivity contribution in [2.75, 3.05) is 0 Å². The summed E-state index contributed by atoms with van der Waals surface area (Å²) in [5.41, 5.74) is 3.74. The Balaban J connectivity index is 1.23. The van der Waals surface area contributed by atoms with Gasteiger partial charge in [0.1, 0.15) is 0 Å². The molecule has 5 aliphatic rings. The van der Waals surface area contributed by atoms with Gasteiger partial charge in [-0.2, -0.15) is 0 Å². The second-order valence-electron chi connectivity index (χ2n) is 11.9. The average molecular weight is 432 g/mol. The molecule has 1 aromatic carbocycles. The SMILES string of the molecule is C/C=C1/CC[C@H]2[C@@H]3CC[C@H]4C[C@H](N5C(=O)c6ccccc6C5=O)CC[C@]4(C)[C@H]3CC[C@]12C. The molecule has 0 radical (unpaired) electrons. The zero-order chi connectivity index (χ0) is 22.3. The number of carbonyl (C=O) groups excluding carboxylic acids is 2. The molecule has 0 saturated heterocycles. The van der Waals surface area contributed by atoms with Crippen LogP contribution in [0.3, 0.4) is 0 Å². The van der Waals surface area contributed by atoms with Crippen LogP contribution < -0.4 is 0 Å². The third-order valence-corrected chi connectivity index (χ3v) is 11.0. The first-order valence-corrected chi connectivity index (χ1v) is 13.0. The first kappa shape index (κ1) is 20.7. The molecule has 3 nitrogen and oxygen atoms in total. The molecule has 32 heavy (non-hydrogen) atoms. The smallest absolute Gasteiger partial charge is 0.261 e. The summed E-state index contributed by atoms with van der Waals surface area (Å²) in [6.45, 7) is 7.37. The van der Waals surface area contributed by atoms with Gasteiger partial charge >= 0.3 is 0 Å². The Kier molecular flexibility index (Phi) is 4.56. The number of carbonyl (C=O) groups is 2. The summed E-state index contributed by atoms with van der Waals surface area (Å²) in [6.07, 6.45) is 13.6. The number of allylic oxidation sites excluding steroid dienone is 2. The minimum atomic E-state index is -0.0637. The monoisotopic (exact) mass is 431 g/mol. The number of rotatable bonds is 1. The number of imide groups is 1. The van der Waals surface area contributed by atoms with Gasteiger partial charge in [-0.05, 0) is 111 Å². The minimum absolute atomic E-state index is 0.0637. The molecule has 6 rings (SSSR count). The predicted molar refractivity (Wildman–Crippen MR) is 126 cm³/mol. The molecular formula is C29H37NO2. The van der Waals surface area contributed by atoms with Crippen molar-refractivity contribution in [3.05, 3.63) is 47.0 Å². The lowest BCUT2D eigenvalue weighted by atomic mass is 9.45. The third-order valence-electron chi connectivity index (χ3n) is 11.0. The van der Waals surface area contributed by atoms with E-state index in [0.29, 0.717) is 27.9 Å². The van der Waals surface area contributed by atoms with E-state index < -0.39 is 0 Å². The van der Waals surface area contributed by atoms with Crippen molar-refractivity contribution in [2.24, 2.45) is 34.5 Å². The van der Waals surface area contributed by atoms with Crippen LogP contribution in [-0.2, 0) is 0 Å². The van der Waals surface area contributed by atoms with Crippen LogP contribution in [0.1, 0.15) is 99.3 Å². The van der Waals surface area contributed by atoms with Gasteiger partial charge in [-0.1, -0.05) is 37.6 Å². The van der Waals surface area contributed by atoms with E-state index in [1.54, 1.807) is 10.5 Å². The molecule has 4 saturated carbocycles. The number of nitrogens with zero attached hydrogens (tertiary/aromatic N) is 1. The quantitative estimate of drug-likeness (QED) is 0.369. The minimum Gasteiger partial charge on any atom is -0.271 e. The summed E-state index contributed by atoms with van der Waals surface area (Å²) in [5.74, 6) is 3.05. The molecule has 1 aromatic rings. The first-order chi connectivity index (χ1) is 15.4. The molecule has 2 amide bonds. The molecule has 170 valence electrons. The molecule has 4 fully saturated rings. The van der Waals surface area contributed by atoms with Crippen molar-refractivity contribution in [3.63, 3.8) is 0 Å².